The summed E-state index contributed by atoms with van der Waals surface area (Å²) >= 11 is 0. The minimum Gasteiger partial charge on any atom is -0.497 e. The topological polar surface area (TPSA) is 12.5 Å². The first-order valence-electron chi connectivity index (χ1n) is 6.82. The molecule has 112 valence electrons. The second-order valence-electron chi connectivity index (χ2n) is 5.52. The fraction of sp³-hybridized carbons (Fsp3) is 0.600. The van der Waals surface area contributed by atoms with Crippen LogP contribution >= 0.6 is 0 Å². The molecule has 0 aromatic heterocycles. The third-order valence-electron chi connectivity index (χ3n) is 3.89. The summed E-state index contributed by atoms with van der Waals surface area (Å²) in [6.45, 7) is 2.03. The SMILES string of the molecule is COc1cc(CC2CCN(C)CC2)cc(C(F)(F)F)c1. The summed E-state index contributed by atoms with van der Waals surface area (Å²) in [6.07, 6.45) is -1.56. The molecule has 1 aromatic carbocycles. The zero-order valence-corrected chi connectivity index (χ0v) is 11.8. The van der Waals surface area contributed by atoms with Gasteiger partial charge in [0.2, 0.25) is 0 Å². The average Bonchev–Trinajstić information content (AvgIpc) is 2.40. The maximum atomic E-state index is 12.9. The van der Waals surface area contributed by atoms with Gasteiger partial charge in [-0.05, 0) is 69.1 Å². The van der Waals surface area contributed by atoms with E-state index in [9.17, 15) is 13.2 Å². The van der Waals surface area contributed by atoms with Crippen molar-refractivity contribution in [2.24, 2.45) is 5.92 Å². The van der Waals surface area contributed by atoms with Gasteiger partial charge in [-0.2, -0.15) is 13.2 Å². The molecule has 1 fully saturated rings. The van der Waals surface area contributed by atoms with E-state index in [-0.39, 0.29) is 5.75 Å². The Balaban J connectivity index is 2.14. The fourth-order valence-corrected chi connectivity index (χ4v) is 2.66. The minimum atomic E-state index is -4.32. The molecule has 5 heteroatoms. The average molecular weight is 287 g/mol. The molecule has 1 aliphatic heterocycles. The van der Waals surface area contributed by atoms with Gasteiger partial charge in [0.1, 0.15) is 5.75 Å². The highest BCUT2D eigenvalue weighted by Crippen LogP contribution is 2.33. The van der Waals surface area contributed by atoms with Crippen molar-refractivity contribution in [2.45, 2.75) is 25.4 Å². The number of halogens is 3. The highest BCUT2D eigenvalue weighted by molar-refractivity contribution is 5.36. The zero-order chi connectivity index (χ0) is 14.8. The molecule has 0 unspecified atom stereocenters. The smallest absolute Gasteiger partial charge is 0.416 e. The van der Waals surface area contributed by atoms with E-state index in [4.69, 9.17) is 4.74 Å². The van der Waals surface area contributed by atoms with Crippen molar-refractivity contribution in [1.82, 2.24) is 4.90 Å². The zero-order valence-electron chi connectivity index (χ0n) is 11.8. The first-order chi connectivity index (χ1) is 9.38. The van der Waals surface area contributed by atoms with Crippen molar-refractivity contribution >= 4 is 0 Å². The number of piperidine rings is 1. The van der Waals surface area contributed by atoms with Crippen LogP contribution in [0.3, 0.4) is 0 Å². The van der Waals surface area contributed by atoms with E-state index in [1.54, 1.807) is 6.07 Å². The van der Waals surface area contributed by atoms with Gasteiger partial charge in [-0.3, -0.25) is 0 Å². The van der Waals surface area contributed by atoms with Crippen molar-refractivity contribution in [1.29, 1.82) is 0 Å². The molecule has 2 rings (SSSR count). The lowest BCUT2D eigenvalue weighted by atomic mass is 9.89. The molecular formula is C15H20F3NO. The van der Waals surface area contributed by atoms with E-state index in [0.717, 1.165) is 32.0 Å². The van der Waals surface area contributed by atoms with Gasteiger partial charge in [-0.1, -0.05) is 0 Å². The lowest BCUT2D eigenvalue weighted by molar-refractivity contribution is -0.137. The molecule has 0 bridgehead atoms. The Kier molecular flexibility index (Phi) is 4.58. The highest BCUT2D eigenvalue weighted by Gasteiger charge is 2.31. The number of methoxy groups -OCH3 is 1. The van der Waals surface area contributed by atoms with Crippen molar-refractivity contribution in [3.05, 3.63) is 29.3 Å². The molecule has 1 heterocycles. The summed E-state index contributed by atoms with van der Waals surface area (Å²) in [4.78, 5) is 2.25. The summed E-state index contributed by atoms with van der Waals surface area (Å²) in [5.41, 5.74) is 0.0889. The van der Waals surface area contributed by atoms with Gasteiger partial charge in [0.15, 0.2) is 0 Å². The molecule has 1 aliphatic rings. The standard InChI is InChI=1S/C15H20F3NO/c1-19-5-3-11(4-6-19)7-12-8-13(15(16,17)18)10-14(9-12)20-2/h8-11H,3-7H2,1-2H3. The number of nitrogens with zero attached hydrogens (tertiary/aromatic N) is 1. The van der Waals surface area contributed by atoms with Crippen LogP contribution in [0.4, 0.5) is 13.2 Å². The summed E-state index contributed by atoms with van der Waals surface area (Å²) in [5.74, 6) is 0.738. The Morgan fingerprint density at radius 3 is 2.40 bits per heavy atom. The van der Waals surface area contributed by atoms with Gasteiger partial charge >= 0.3 is 6.18 Å². The predicted molar refractivity (Wildman–Crippen MR) is 71.9 cm³/mol. The molecule has 1 saturated heterocycles. The van der Waals surface area contributed by atoms with Crippen LogP contribution in [0.5, 0.6) is 5.75 Å². The molecule has 0 atom stereocenters. The molecule has 20 heavy (non-hydrogen) atoms. The summed E-state index contributed by atoms with van der Waals surface area (Å²) in [5, 5.41) is 0. The van der Waals surface area contributed by atoms with E-state index in [1.165, 1.54) is 13.2 Å². The Morgan fingerprint density at radius 1 is 1.20 bits per heavy atom. The van der Waals surface area contributed by atoms with E-state index >= 15 is 0 Å². The van der Waals surface area contributed by atoms with Crippen molar-refractivity contribution in [3.63, 3.8) is 0 Å². The molecule has 2 nitrogen and oxygen atoms in total. The van der Waals surface area contributed by atoms with Crippen molar-refractivity contribution < 1.29 is 17.9 Å². The molecule has 0 amide bonds. The lowest BCUT2D eigenvalue weighted by Gasteiger charge is -2.29. The first-order valence-corrected chi connectivity index (χ1v) is 6.82. The second kappa shape index (κ2) is 6.04. The minimum absolute atomic E-state index is 0.280. The Labute approximate surface area is 117 Å². The van der Waals surface area contributed by atoms with Crippen LogP contribution < -0.4 is 4.74 Å². The molecular weight excluding hydrogens is 267 g/mol. The number of likely N-dealkylation sites (tertiary alicyclic amines) is 1. The van der Waals surface area contributed by atoms with Gasteiger partial charge < -0.3 is 9.64 Å². The normalized spacial score (nSPS) is 18.2. The van der Waals surface area contributed by atoms with Crippen molar-refractivity contribution in [2.75, 3.05) is 27.2 Å². The summed E-state index contributed by atoms with van der Waals surface area (Å²) in [6, 6.07) is 4.02. The van der Waals surface area contributed by atoms with Gasteiger partial charge in [-0.25, -0.2) is 0 Å². The van der Waals surface area contributed by atoms with Crippen LogP contribution in [0.25, 0.3) is 0 Å². The van der Waals surface area contributed by atoms with Crippen molar-refractivity contribution in [3.8, 4) is 5.75 Å². The Bertz CT molecular complexity index is 451. The molecule has 0 spiro atoms. The highest BCUT2D eigenvalue weighted by atomic mass is 19.4. The summed E-state index contributed by atoms with van der Waals surface area (Å²) in [7, 11) is 3.47. The third-order valence-corrected chi connectivity index (χ3v) is 3.89. The monoisotopic (exact) mass is 287 g/mol. The van der Waals surface area contributed by atoms with Crippen LogP contribution in [-0.2, 0) is 12.6 Å². The quantitative estimate of drug-likeness (QED) is 0.842. The number of hydrogen-bond acceptors (Lipinski definition) is 2. The predicted octanol–water partition coefficient (Wildman–Crippen LogP) is 3.60. The van der Waals surface area contributed by atoms with Crippen LogP contribution in [-0.4, -0.2) is 32.1 Å². The Hall–Kier alpha value is -1.23. The maximum Gasteiger partial charge on any atom is 0.416 e. The van der Waals surface area contributed by atoms with Crippen LogP contribution in [0, 0.1) is 5.92 Å². The largest absolute Gasteiger partial charge is 0.497 e. The maximum absolute atomic E-state index is 12.9. The van der Waals surface area contributed by atoms with Gasteiger partial charge in [0.05, 0.1) is 12.7 Å². The summed E-state index contributed by atoms with van der Waals surface area (Å²) < 4.78 is 43.5. The first kappa shape index (κ1) is 15.2. The van der Waals surface area contributed by atoms with Crippen LogP contribution in [0.1, 0.15) is 24.0 Å². The van der Waals surface area contributed by atoms with E-state index < -0.39 is 11.7 Å². The number of alkyl halides is 3. The third kappa shape index (κ3) is 3.88. The molecule has 0 N–H and O–H groups in total. The lowest BCUT2D eigenvalue weighted by Crippen LogP contribution is -2.31. The van der Waals surface area contributed by atoms with Gasteiger partial charge in [-0.15, -0.1) is 0 Å². The fourth-order valence-electron chi connectivity index (χ4n) is 2.66. The van der Waals surface area contributed by atoms with Crippen LogP contribution in [0.15, 0.2) is 18.2 Å². The van der Waals surface area contributed by atoms with E-state index in [1.807, 2.05) is 0 Å². The molecule has 1 aromatic rings. The molecule has 0 saturated carbocycles. The molecule has 0 aliphatic carbocycles. The number of hydrogen-bond donors (Lipinski definition) is 0. The number of rotatable bonds is 3. The van der Waals surface area contributed by atoms with Crippen LogP contribution in [0.2, 0.25) is 0 Å². The second-order valence-corrected chi connectivity index (χ2v) is 5.52. The van der Waals surface area contributed by atoms with E-state index in [2.05, 4.69) is 11.9 Å². The number of benzene rings is 1. The van der Waals surface area contributed by atoms with Gasteiger partial charge in [0, 0.05) is 0 Å². The number of ether oxygens (including phenoxy) is 1. The van der Waals surface area contributed by atoms with Gasteiger partial charge in [0.25, 0.3) is 0 Å². The molecule has 0 radical (unpaired) electrons. The van der Waals surface area contributed by atoms with E-state index in [0.29, 0.717) is 17.9 Å². The Morgan fingerprint density at radius 2 is 1.85 bits per heavy atom.